The Kier molecular flexibility index (Phi) is 26.6. The Bertz CT molecular complexity index is 2130. The molecule has 0 fully saturated rings. The van der Waals surface area contributed by atoms with Crippen LogP contribution in [0.3, 0.4) is 0 Å². The molecule has 0 aliphatic rings. The monoisotopic (exact) mass is 1080 g/mol. The van der Waals surface area contributed by atoms with Gasteiger partial charge in [0.25, 0.3) is 0 Å². The van der Waals surface area contributed by atoms with E-state index in [-0.39, 0.29) is 22.3 Å². The van der Waals surface area contributed by atoms with Gasteiger partial charge in [0.2, 0.25) is 0 Å². The Balaban J connectivity index is 1.49. The molecule has 0 spiro atoms. The van der Waals surface area contributed by atoms with Crippen molar-refractivity contribution in [3.05, 3.63) is 119 Å². The van der Waals surface area contributed by atoms with Crippen molar-refractivity contribution in [2.75, 3.05) is 52.9 Å². The molecule has 0 unspecified atom stereocenters. The Morgan fingerprint density at radius 3 is 0.675 bits per heavy atom. The van der Waals surface area contributed by atoms with Gasteiger partial charge in [-0.2, -0.15) is 19.2 Å². The summed E-state index contributed by atoms with van der Waals surface area (Å²) in [5.74, 6) is -2.78. The highest BCUT2D eigenvalue weighted by molar-refractivity contribution is 5.91. The van der Waals surface area contributed by atoms with E-state index in [4.69, 9.17) is 37.9 Å². The number of hydrogen-bond acceptors (Lipinski definition) is 24. The van der Waals surface area contributed by atoms with Gasteiger partial charge in [-0.05, 0) is 123 Å². The summed E-state index contributed by atoms with van der Waals surface area (Å²) < 4.78 is 42.7. The average Bonchev–Trinajstić information content (AvgIpc) is 3.45. The summed E-state index contributed by atoms with van der Waals surface area (Å²) in [6.45, 7) is 5.19. The van der Waals surface area contributed by atoms with Crippen molar-refractivity contribution in [3.8, 4) is 23.0 Å². The molecule has 0 atom stereocenters. The number of ether oxygens (including phenoxy) is 8. The number of unbranched alkanes of at least 4 members (excludes halogenated alkanes) is 4. The second-order valence-electron chi connectivity index (χ2n) is 16.4. The lowest BCUT2D eigenvalue weighted by Gasteiger charge is -2.30. The molecule has 0 aliphatic heterocycles. The number of carbonyl (C=O) groups excluding carboxylic acids is 8. The van der Waals surface area contributed by atoms with Crippen molar-refractivity contribution < 1.29 is 115 Å². The Hall–Kier alpha value is -8.96. The summed E-state index contributed by atoms with van der Waals surface area (Å²) in [6, 6.07) is 22.5. The molecule has 0 radical (unpaired) electrons. The lowest BCUT2D eigenvalue weighted by molar-refractivity contribution is -0.223. The van der Waals surface area contributed by atoms with Gasteiger partial charge in [-0.15, -0.1) is 0 Å². The highest BCUT2D eigenvalue weighted by atomic mass is 17.3. The first-order valence-electron chi connectivity index (χ1n) is 24.4. The van der Waals surface area contributed by atoms with Crippen LogP contribution >= 0.6 is 0 Å². The highest BCUT2D eigenvalue weighted by Gasteiger charge is 2.40. The molecule has 0 aliphatic carbocycles. The molecule has 0 heterocycles. The van der Waals surface area contributed by atoms with Crippen LogP contribution in [0.2, 0.25) is 0 Å². The maximum Gasteiger partial charge on any atom is 0.549 e. The lowest BCUT2D eigenvalue weighted by Crippen LogP contribution is -2.44. The normalized spacial score (nSPS) is 10.5. The average molecular weight is 1080 g/mol. The predicted molar refractivity (Wildman–Crippen MR) is 261 cm³/mol. The zero-order chi connectivity index (χ0) is 55.7. The van der Waals surface area contributed by atoms with Gasteiger partial charge in [-0.3, -0.25) is 0 Å². The van der Waals surface area contributed by atoms with Crippen LogP contribution in [0.5, 0.6) is 23.0 Å². The van der Waals surface area contributed by atoms with Crippen LogP contribution in [-0.4, -0.2) is 101 Å². The molecule has 416 valence electrons. The zero-order valence-electron chi connectivity index (χ0n) is 42.8. The van der Waals surface area contributed by atoms with Crippen molar-refractivity contribution in [2.45, 2.75) is 79.1 Å². The van der Waals surface area contributed by atoms with E-state index in [9.17, 15) is 38.4 Å². The first-order chi connectivity index (χ1) is 37.3. The van der Waals surface area contributed by atoms with E-state index in [2.05, 4.69) is 39.1 Å². The summed E-state index contributed by atoms with van der Waals surface area (Å²) in [6.07, 6.45) is -0.122. The van der Waals surface area contributed by atoms with Crippen molar-refractivity contribution >= 4 is 48.5 Å². The van der Waals surface area contributed by atoms with Crippen LogP contribution in [0, 0.1) is 5.41 Å². The third-order valence-corrected chi connectivity index (χ3v) is 10.2. The van der Waals surface area contributed by atoms with Gasteiger partial charge < -0.3 is 37.9 Å². The number of benzene rings is 4. The Labute approximate surface area is 442 Å². The Morgan fingerprint density at radius 1 is 0.299 bits per heavy atom. The van der Waals surface area contributed by atoms with E-state index < -0.39 is 80.3 Å². The van der Waals surface area contributed by atoms with Gasteiger partial charge in [0.05, 0.1) is 48.7 Å². The standard InChI is InChI=1S/C53H60O24/c1-5-9-29-62-41-21-13-37(14-22-41)45(54)70-74-49(58)66-33-53(34-67-50(59)75-71-46(55)38-15-23-42(24-16-38)63-30-10-6-2,35-68-51(60)76-72-47(56)39-17-25-43(26-18-39)64-31-11-7-3)36-69-52(61)77-73-48(57)40-19-27-44(28-20-40)65-32-12-8-4/h13-28H,5-12,29-36H2,1-4H3. The molecular weight excluding hydrogens is 1020 g/mol. The van der Waals surface area contributed by atoms with E-state index in [0.29, 0.717) is 49.4 Å². The molecular formula is C53H60O24. The van der Waals surface area contributed by atoms with Gasteiger partial charge in [0, 0.05) is 0 Å². The molecule has 4 aromatic rings. The molecule has 24 nitrogen and oxygen atoms in total. The smallest absolute Gasteiger partial charge is 0.494 e. The molecule has 0 N–H and O–H groups in total. The fourth-order valence-corrected chi connectivity index (χ4v) is 5.76. The van der Waals surface area contributed by atoms with E-state index in [0.717, 1.165) is 51.4 Å². The summed E-state index contributed by atoms with van der Waals surface area (Å²) >= 11 is 0. The molecule has 0 saturated carbocycles. The summed E-state index contributed by atoms with van der Waals surface area (Å²) in [5, 5.41) is 0. The third-order valence-electron chi connectivity index (χ3n) is 10.2. The topological polar surface area (TPSA) is 284 Å². The minimum Gasteiger partial charge on any atom is -0.494 e. The fourth-order valence-electron chi connectivity index (χ4n) is 5.76. The lowest BCUT2D eigenvalue weighted by atomic mass is 9.92. The zero-order valence-corrected chi connectivity index (χ0v) is 42.8. The maximum absolute atomic E-state index is 12.9. The second-order valence-corrected chi connectivity index (χ2v) is 16.4. The third kappa shape index (κ3) is 23.0. The number of carbonyl (C=O) groups is 8. The van der Waals surface area contributed by atoms with Crippen LogP contribution in [0.4, 0.5) is 19.2 Å². The highest BCUT2D eigenvalue weighted by Crippen LogP contribution is 2.24. The summed E-state index contributed by atoms with van der Waals surface area (Å²) in [5.41, 5.74) is -2.58. The van der Waals surface area contributed by atoms with Crippen molar-refractivity contribution in [1.29, 1.82) is 0 Å². The summed E-state index contributed by atoms with van der Waals surface area (Å²) in [4.78, 5) is 139. The molecule has 77 heavy (non-hydrogen) atoms. The molecule has 0 aromatic heterocycles. The molecule has 0 amide bonds. The molecule has 24 heteroatoms. The quantitative estimate of drug-likeness (QED) is 0.0168. The molecule has 0 saturated heterocycles. The predicted octanol–water partition coefficient (Wildman–Crippen LogP) is 10.4. The minimum absolute atomic E-state index is 0.0712. The largest absolute Gasteiger partial charge is 0.549 e. The van der Waals surface area contributed by atoms with Crippen LogP contribution in [0.15, 0.2) is 97.1 Å². The van der Waals surface area contributed by atoms with Gasteiger partial charge in [0.1, 0.15) is 54.8 Å². The minimum atomic E-state index is -2.29. The summed E-state index contributed by atoms with van der Waals surface area (Å²) in [7, 11) is 0. The van der Waals surface area contributed by atoms with E-state index in [1.165, 1.54) is 97.1 Å². The van der Waals surface area contributed by atoms with Crippen LogP contribution in [0.1, 0.15) is 120 Å². The van der Waals surface area contributed by atoms with E-state index in [1.54, 1.807) is 0 Å². The Morgan fingerprint density at radius 2 is 0.494 bits per heavy atom. The van der Waals surface area contributed by atoms with Crippen LogP contribution in [0.25, 0.3) is 0 Å². The fraction of sp³-hybridized carbons (Fsp3) is 0.396. The van der Waals surface area contributed by atoms with E-state index >= 15 is 0 Å². The first kappa shape index (κ1) is 60.6. The van der Waals surface area contributed by atoms with Crippen molar-refractivity contribution in [1.82, 2.24) is 0 Å². The number of rotatable bonds is 28. The van der Waals surface area contributed by atoms with Gasteiger partial charge in [-0.1, -0.05) is 53.4 Å². The van der Waals surface area contributed by atoms with Crippen molar-refractivity contribution in [2.24, 2.45) is 5.41 Å². The molecule has 0 bridgehead atoms. The molecule has 4 aromatic carbocycles. The second kappa shape index (κ2) is 33.8. The number of hydrogen-bond donors (Lipinski definition) is 0. The van der Waals surface area contributed by atoms with Crippen LogP contribution in [-0.2, 0) is 58.0 Å². The first-order valence-corrected chi connectivity index (χ1v) is 24.4. The van der Waals surface area contributed by atoms with Gasteiger partial charge in [-0.25, -0.2) is 58.3 Å². The molecule has 4 rings (SSSR count). The van der Waals surface area contributed by atoms with Gasteiger partial charge in [0.15, 0.2) is 0 Å². The van der Waals surface area contributed by atoms with E-state index in [1.807, 2.05) is 27.7 Å². The van der Waals surface area contributed by atoms with Crippen LogP contribution < -0.4 is 18.9 Å². The van der Waals surface area contributed by atoms with Gasteiger partial charge >= 0.3 is 48.5 Å². The SMILES string of the molecule is CCCCOc1ccc(C(=O)OOC(=O)OCC(COC(=O)OOC(=O)c2ccc(OCCCC)cc2)(COC(=O)OOC(=O)c2ccc(OCCCC)cc2)COC(=O)OOC(=O)c2ccc(OCCCC)cc2)cc1. The van der Waals surface area contributed by atoms with Crippen molar-refractivity contribution in [3.63, 3.8) is 0 Å². The maximum atomic E-state index is 12.9.